The van der Waals surface area contributed by atoms with Gasteiger partial charge in [-0.1, -0.05) is 12.7 Å². The van der Waals surface area contributed by atoms with Crippen molar-refractivity contribution in [3.8, 4) is 0 Å². The summed E-state index contributed by atoms with van der Waals surface area (Å²) in [5, 5.41) is 2.95. The van der Waals surface area contributed by atoms with E-state index < -0.39 is 22.9 Å². The van der Waals surface area contributed by atoms with E-state index in [0.717, 1.165) is 44.2 Å². The first kappa shape index (κ1) is 34.7. The van der Waals surface area contributed by atoms with Gasteiger partial charge in [0.2, 0.25) is 0 Å². The number of allylic oxidation sites excluding steroid dienone is 1. The van der Waals surface area contributed by atoms with Crippen LogP contribution in [-0.2, 0) is 18.9 Å². The molecule has 0 bridgehead atoms. The molecule has 1 saturated carbocycles. The van der Waals surface area contributed by atoms with Crippen molar-refractivity contribution >= 4 is 32.3 Å². The van der Waals surface area contributed by atoms with E-state index in [1.165, 1.54) is 5.57 Å². The Bertz CT molecular complexity index is 897. The van der Waals surface area contributed by atoms with Crippen LogP contribution in [0, 0.1) is 11.8 Å². The number of amides is 2. The second-order valence-electron chi connectivity index (χ2n) is 14.2. The molecule has 0 spiro atoms. The fraction of sp³-hybridized carbons (Fsp3) is 0.867. The summed E-state index contributed by atoms with van der Waals surface area (Å²) >= 11 is 4.69. The monoisotopic (exact) mass is 581 g/mol. The molecule has 8 nitrogen and oxygen atoms in total. The molecule has 2 fully saturated rings. The lowest BCUT2D eigenvalue weighted by Gasteiger charge is -2.38. The minimum atomic E-state index is -0.624. The number of alkyl carbamates (subject to hydrolysis) is 1. The molecule has 1 N–H and O–H groups in total. The second kappa shape index (κ2) is 13.6. The molecule has 1 aliphatic carbocycles. The molecular formula is C30H54BN2O6S. The molecule has 1 heterocycles. The Kier molecular flexibility index (Phi) is 11.8. The van der Waals surface area contributed by atoms with E-state index in [1.807, 2.05) is 81.6 Å². The fourth-order valence-corrected chi connectivity index (χ4v) is 4.95. The molecule has 0 aromatic rings. The Morgan fingerprint density at radius 1 is 1.00 bits per heavy atom. The third kappa shape index (κ3) is 10.1. The van der Waals surface area contributed by atoms with E-state index in [1.54, 1.807) is 7.11 Å². The quantitative estimate of drug-likeness (QED) is 0.121. The number of likely N-dealkylation sites (tertiary alicyclic amines) is 1. The minimum Gasteiger partial charge on any atom is -0.499 e. The maximum Gasteiger partial charge on any atom is 0.410 e. The Morgan fingerprint density at radius 3 is 2.08 bits per heavy atom. The van der Waals surface area contributed by atoms with E-state index >= 15 is 0 Å². The molecule has 3 atom stereocenters. The van der Waals surface area contributed by atoms with Crippen molar-refractivity contribution in [3.63, 3.8) is 0 Å². The Morgan fingerprint density at radius 2 is 1.60 bits per heavy atom. The SMILES string of the molecule is COC(=C1CCC1)C1C(CCC[B]OC(C)(C)C(C)(C)S)C(CNC(=O)OC(C)(C)C)CN1C(=O)OC(C)(C)C. The smallest absolute Gasteiger partial charge is 0.410 e. The van der Waals surface area contributed by atoms with Gasteiger partial charge in [0.15, 0.2) is 0 Å². The lowest BCUT2D eigenvalue weighted by molar-refractivity contribution is 0.0184. The number of thiol groups is 1. The van der Waals surface area contributed by atoms with Crippen LogP contribution in [0.3, 0.4) is 0 Å². The summed E-state index contributed by atoms with van der Waals surface area (Å²) in [5.74, 6) is 0.942. The molecule has 2 rings (SSSR count). The lowest BCUT2D eigenvalue weighted by atomic mass is 9.79. The van der Waals surface area contributed by atoms with Gasteiger partial charge in [0.05, 0.1) is 18.8 Å². The second-order valence-corrected chi connectivity index (χ2v) is 15.3. The zero-order chi connectivity index (χ0) is 30.5. The van der Waals surface area contributed by atoms with Crippen LogP contribution in [0.15, 0.2) is 11.3 Å². The zero-order valence-electron chi connectivity index (χ0n) is 26.8. The van der Waals surface area contributed by atoms with Crippen molar-refractivity contribution in [2.75, 3.05) is 20.2 Å². The molecule has 40 heavy (non-hydrogen) atoms. The topological polar surface area (TPSA) is 86.3 Å². The van der Waals surface area contributed by atoms with Gasteiger partial charge in [-0.2, -0.15) is 12.6 Å². The summed E-state index contributed by atoms with van der Waals surface area (Å²) in [5.41, 5.74) is -0.370. The third-order valence-corrected chi connectivity index (χ3v) is 8.36. The molecule has 1 radical (unpaired) electrons. The maximum absolute atomic E-state index is 13.5. The van der Waals surface area contributed by atoms with Crippen molar-refractivity contribution < 1.29 is 28.5 Å². The molecule has 0 aromatic carbocycles. The number of ether oxygens (including phenoxy) is 3. The number of nitrogens with zero attached hydrogens (tertiary/aromatic N) is 1. The van der Waals surface area contributed by atoms with E-state index in [-0.39, 0.29) is 28.7 Å². The average molecular weight is 582 g/mol. The van der Waals surface area contributed by atoms with Crippen molar-refractivity contribution in [2.24, 2.45) is 11.8 Å². The molecule has 2 amide bonds. The molecular weight excluding hydrogens is 527 g/mol. The molecule has 3 unspecified atom stereocenters. The summed E-state index contributed by atoms with van der Waals surface area (Å²) in [4.78, 5) is 27.8. The average Bonchev–Trinajstić information content (AvgIpc) is 3.09. The normalized spacial score (nSPS) is 21.9. The van der Waals surface area contributed by atoms with E-state index in [4.69, 9.17) is 18.9 Å². The van der Waals surface area contributed by atoms with Gasteiger partial charge in [0.1, 0.15) is 17.0 Å². The minimum absolute atomic E-state index is 0.00426. The van der Waals surface area contributed by atoms with Gasteiger partial charge in [-0.05, 0) is 112 Å². The van der Waals surface area contributed by atoms with Gasteiger partial charge in [-0.25, -0.2) is 9.59 Å². The van der Waals surface area contributed by atoms with Crippen LogP contribution in [0.25, 0.3) is 0 Å². The number of nitrogens with one attached hydrogen (secondary N) is 1. The number of hydrogen-bond acceptors (Lipinski definition) is 7. The number of carbonyl (C=O) groups excluding carboxylic acids is 2. The van der Waals surface area contributed by atoms with Crippen LogP contribution in [0.1, 0.15) is 101 Å². The molecule has 229 valence electrons. The number of methoxy groups -OCH3 is 1. The Labute approximate surface area is 249 Å². The first-order valence-corrected chi connectivity index (χ1v) is 15.1. The summed E-state index contributed by atoms with van der Waals surface area (Å²) in [7, 11) is 3.57. The van der Waals surface area contributed by atoms with Crippen LogP contribution in [0.4, 0.5) is 9.59 Å². The van der Waals surface area contributed by atoms with E-state index in [0.29, 0.717) is 13.1 Å². The van der Waals surface area contributed by atoms with Gasteiger partial charge < -0.3 is 24.2 Å². The van der Waals surface area contributed by atoms with Gasteiger partial charge in [0.25, 0.3) is 7.48 Å². The Balaban J connectivity index is 2.27. The lowest BCUT2D eigenvalue weighted by Crippen LogP contribution is -2.44. The van der Waals surface area contributed by atoms with Crippen molar-refractivity contribution in [2.45, 2.75) is 135 Å². The van der Waals surface area contributed by atoms with Crippen LogP contribution in [0.5, 0.6) is 0 Å². The first-order valence-electron chi connectivity index (χ1n) is 14.7. The third-order valence-electron chi connectivity index (χ3n) is 7.82. The van der Waals surface area contributed by atoms with Crippen molar-refractivity contribution in [1.29, 1.82) is 0 Å². The highest BCUT2D eigenvalue weighted by Gasteiger charge is 2.48. The standard InChI is InChI=1S/C30H54BN2O6S/c1-27(2,3)37-25(34)32-18-21-19-33(26(35)38-28(4,5)6)23(24(36-11)20-14-12-15-20)22(21)16-13-17-31-39-29(7,8)30(9,10)40/h21-23,40H,12-19H2,1-11H3,(H,32,34). The zero-order valence-corrected chi connectivity index (χ0v) is 27.7. The molecule has 2 aliphatic rings. The highest BCUT2D eigenvalue weighted by Crippen LogP contribution is 2.42. The van der Waals surface area contributed by atoms with Crippen LogP contribution in [0.2, 0.25) is 6.32 Å². The van der Waals surface area contributed by atoms with Crippen LogP contribution in [-0.4, -0.2) is 72.4 Å². The summed E-state index contributed by atoms with van der Waals surface area (Å²) in [6, 6.07) is -0.255. The summed E-state index contributed by atoms with van der Waals surface area (Å²) in [6.07, 6.45) is 4.71. The number of carbonyl (C=O) groups is 2. The molecule has 0 aromatic heterocycles. The number of rotatable bonds is 11. The van der Waals surface area contributed by atoms with Gasteiger partial charge in [-0.15, -0.1) is 0 Å². The van der Waals surface area contributed by atoms with E-state index in [2.05, 4.69) is 17.9 Å². The van der Waals surface area contributed by atoms with Crippen molar-refractivity contribution in [1.82, 2.24) is 10.2 Å². The molecule has 1 saturated heterocycles. The van der Waals surface area contributed by atoms with Gasteiger partial charge >= 0.3 is 12.2 Å². The predicted octanol–water partition coefficient (Wildman–Crippen LogP) is 6.77. The molecule has 1 aliphatic heterocycles. The van der Waals surface area contributed by atoms with Gasteiger partial charge in [0, 0.05) is 17.8 Å². The first-order chi connectivity index (χ1) is 18.3. The number of hydrogen-bond donors (Lipinski definition) is 2. The predicted molar refractivity (Wildman–Crippen MR) is 164 cm³/mol. The Hall–Kier alpha value is -1.55. The van der Waals surface area contributed by atoms with Gasteiger partial charge in [-0.3, -0.25) is 4.90 Å². The molecule has 10 heteroatoms. The largest absolute Gasteiger partial charge is 0.499 e. The van der Waals surface area contributed by atoms with E-state index in [9.17, 15) is 9.59 Å². The summed E-state index contributed by atoms with van der Waals surface area (Å²) < 4.78 is 23.1. The van der Waals surface area contributed by atoms with Crippen molar-refractivity contribution in [3.05, 3.63) is 11.3 Å². The van der Waals surface area contributed by atoms with Crippen LogP contribution >= 0.6 is 12.6 Å². The highest BCUT2D eigenvalue weighted by atomic mass is 32.1. The highest BCUT2D eigenvalue weighted by molar-refractivity contribution is 7.81. The van der Waals surface area contributed by atoms with Crippen LogP contribution < -0.4 is 5.32 Å². The fourth-order valence-electron chi connectivity index (χ4n) is 4.90. The maximum atomic E-state index is 13.5. The summed E-state index contributed by atoms with van der Waals surface area (Å²) in [6.45, 7) is 20.2.